The molecule has 8 atom stereocenters. The first-order valence-electron chi connectivity index (χ1n) is 29.8. The van der Waals surface area contributed by atoms with Gasteiger partial charge in [-0.15, -0.1) is 0 Å². The molecule has 3 aromatic rings. The Labute approximate surface area is 491 Å². The van der Waals surface area contributed by atoms with Gasteiger partial charge in [-0.2, -0.15) is 0 Å². The molecule has 25 nitrogen and oxygen atoms in total. The molecule has 0 aliphatic carbocycles. The molecule has 1 aromatic heterocycles. The van der Waals surface area contributed by atoms with E-state index in [0.717, 1.165) is 49.4 Å². The number of nitrogens with two attached hydrogens (primary N) is 4. The van der Waals surface area contributed by atoms with E-state index in [2.05, 4.69) is 52.2 Å². The number of amides is 9. The van der Waals surface area contributed by atoms with E-state index in [0.29, 0.717) is 69.2 Å². The summed E-state index contributed by atoms with van der Waals surface area (Å²) in [6.07, 6.45) is 11.0. The fraction of sp³-hybridized carbons (Fsp3) is 0.576. The molecule has 84 heavy (non-hydrogen) atoms. The number of aromatic amines is 1. The first kappa shape index (κ1) is 64.9. The smallest absolute Gasteiger partial charge is 0.246 e. The van der Waals surface area contributed by atoms with Gasteiger partial charge in [-0.05, 0) is 88.3 Å². The molecule has 0 radical (unpaired) electrons. The number of aromatic nitrogens is 1. The zero-order chi connectivity index (χ0) is 60.5. The van der Waals surface area contributed by atoms with Crippen molar-refractivity contribution in [1.29, 1.82) is 0 Å². The van der Waals surface area contributed by atoms with Gasteiger partial charge in [-0.3, -0.25) is 53.1 Å². The minimum absolute atomic E-state index is 0.00454. The molecule has 2 aromatic carbocycles. The lowest BCUT2D eigenvalue weighted by Crippen LogP contribution is -2.60. The summed E-state index contributed by atoms with van der Waals surface area (Å²) in [5, 5.41) is 20.9. The molecule has 4 heterocycles. The highest BCUT2D eigenvalue weighted by atomic mass is 16.2. The van der Waals surface area contributed by atoms with Crippen LogP contribution in [0.5, 0.6) is 0 Å². The van der Waals surface area contributed by atoms with E-state index in [1.165, 1.54) is 23.6 Å². The standard InChI is InChI=1S/C59H88N16O9/c1-37-50(77)71-45(26-17-31-66-59(62)63)56(83)74-32-18-27-48(74)54(81)64-29-15-8-6-4-3-5-7-12-24-44(52(79)73-47(34-39-20-10-9-11-21-39)57(84)75-33-19-28-49(75)55(82)68-37)70-53(80)46(35-40-36-67-42-23-14-13-22-41(40)42)72-51(78)43(69-38(2)76)25-16-30-65-58(60)61/h9-11,13-14,20-23,36-37,43-49,67H,3-8,12,15-19,24-35H2,1-2H3,(H,64,81)(H,68,82)(H,69,76)(H,70,80)(H,71,77)(H,72,78)(H,73,79)(H4,60,61,65)(H4,62,63,66)/t37-,43-,44-,45-,46-,47-,48-,49-/m0/s1. The molecule has 0 saturated carbocycles. The van der Waals surface area contributed by atoms with Gasteiger partial charge in [-0.1, -0.05) is 93.5 Å². The maximum absolute atomic E-state index is 15.0. The number of nitrogens with one attached hydrogen (secondary N) is 8. The van der Waals surface area contributed by atoms with Gasteiger partial charge in [0.1, 0.15) is 48.3 Å². The molecule has 3 aliphatic heterocycles. The van der Waals surface area contributed by atoms with E-state index in [1.807, 2.05) is 42.5 Å². The zero-order valence-electron chi connectivity index (χ0n) is 48.6. The monoisotopic (exact) mass is 1160 g/mol. The van der Waals surface area contributed by atoms with Gasteiger partial charge in [0.25, 0.3) is 0 Å². The number of benzene rings is 2. The van der Waals surface area contributed by atoms with Crippen LogP contribution in [0, 0.1) is 0 Å². The number of para-hydroxylation sites is 1. The van der Waals surface area contributed by atoms with Gasteiger partial charge < -0.3 is 74.9 Å². The third kappa shape index (κ3) is 20.0. The molecule has 9 amide bonds. The van der Waals surface area contributed by atoms with E-state index in [-0.39, 0.29) is 76.0 Å². The van der Waals surface area contributed by atoms with Crippen LogP contribution < -0.4 is 60.2 Å². The van der Waals surface area contributed by atoms with Crippen LogP contribution >= 0.6 is 0 Å². The second-order valence-electron chi connectivity index (χ2n) is 22.2. The molecule has 3 fully saturated rings. The second-order valence-corrected chi connectivity index (χ2v) is 22.2. The molecule has 0 unspecified atom stereocenters. The maximum Gasteiger partial charge on any atom is 0.246 e. The van der Waals surface area contributed by atoms with Crippen LogP contribution in [0.1, 0.15) is 134 Å². The number of rotatable bonds is 17. The van der Waals surface area contributed by atoms with Gasteiger partial charge in [0, 0.05) is 69.6 Å². The third-order valence-corrected chi connectivity index (χ3v) is 15.6. The lowest BCUT2D eigenvalue weighted by molar-refractivity contribution is -0.143. The Bertz CT molecular complexity index is 2780. The van der Waals surface area contributed by atoms with Gasteiger partial charge in [0.15, 0.2) is 11.9 Å². The number of nitrogens with zero attached hydrogens (tertiary/aromatic N) is 4. The van der Waals surface area contributed by atoms with Gasteiger partial charge in [-0.25, -0.2) is 0 Å². The summed E-state index contributed by atoms with van der Waals surface area (Å²) >= 11 is 0. The number of carbonyl (C=O) groups is 9. The first-order chi connectivity index (χ1) is 40.4. The summed E-state index contributed by atoms with van der Waals surface area (Å²) in [5.41, 5.74) is 24.4. The van der Waals surface area contributed by atoms with Crippen molar-refractivity contribution in [3.05, 3.63) is 71.9 Å². The van der Waals surface area contributed by atoms with Gasteiger partial charge >= 0.3 is 0 Å². The average Bonchev–Trinajstić information content (AvgIpc) is 4.28. The Morgan fingerprint density at radius 3 is 1.89 bits per heavy atom. The third-order valence-electron chi connectivity index (χ3n) is 15.6. The van der Waals surface area contributed by atoms with E-state index in [4.69, 9.17) is 22.9 Å². The van der Waals surface area contributed by atoms with Crippen LogP contribution in [-0.4, -0.2) is 161 Å². The molecule has 25 heteroatoms. The van der Waals surface area contributed by atoms with Crippen molar-refractivity contribution in [3.8, 4) is 0 Å². The molecule has 3 aliphatic rings. The zero-order valence-corrected chi connectivity index (χ0v) is 48.6. The van der Waals surface area contributed by atoms with Crippen molar-refractivity contribution in [2.45, 2.75) is 184 Å². The predicted octanol–water partition coefficient (Wildman–Crippen LogP) is 0.632. The van der Waals surface area contributed by atoms with Crippen molar-refractivity contribution < 1.29 is 43.2 Å². The van der Waals surface area contributed by atoms with E-state index < -0.39 is 95.6 Å². The molecular weight excluding hydrogens is 1080 g/mol. The molecule has 16 N–H and O–H groups in total. The second kappa shape index (κ2) is 33.1. The lowest BCUT2D eigenvalue weighted by Gasteiger charge is -2.31. The van der Waals surface area contributed by atoms with Crippen LogP contribution in [0.15, 0.2) is 70.8 Å². The van der Waals surface area contributed by atoms with E-state index in [1.54, 1.807) is 18.3 Å². The van der Waals surface area contributed by atoms with Crippen LogP contribution in [0.25, 0.3) is 10.9 Å². The summed E-state index contributed by atoms with van der Waals surface area (Å²) in [7, 11) is 0. The summed E-state index contributed by atoms with van der Waals surface area (Å²) in [5.74, 6) is -5.22. The Kier molecular flexibility index (Phi) is 25.6. The molecule has 458 valence electrons. The molecule has 3 saturated heterocycles. The number of guanidine groups is 2. The minimum atomic E-state index is -1.26. The topological polar surface area (TPSA) is 389 Å². The maximum atomic E-state index is 15.0. The first-order valence-corrected chi connectivity index (χ1v) is 29.8. The quantitative estimate of drug-likeness (QED) is 0.0502. The number of carbonyl (C=O) groups excluding carboxylic acids is 9. The SMILES string of the molecule is CC(=O)N[C@@H](CCCN=C(N)N)C(=O)N[C@@H](Cc1c[nH]c2ccccc12)C(=O)N[C@H]1CCCCCCCCCCNC(=O)[C@@H]2CCCN2C(=O)[C@H](CCCN=C(N)N)NC(=O)[C@H](C)NC(=O)[C@@H]2CCCN2C(=O)[C@H](Cc2ccccc2)NC1=O. The largest absolute Gasteiger partial charge is 0.370 e. The van der Waals surface area contributed by atoms with Crippen LogP contribution in [0.4, 0.5) is 0 Å². The van der Waals surface area contributed by atoms with Crippen LogP contribution in [-0.2, 0) is 56.0 Å². The van der Waals surface area contributed by atoms with E-state index in [9.17, 15) is 38.4 Å². The number of hydrogen-bond donors (Lipinski definition) is 12. The Hall–Kier alpha value is -8.25. The predicted molar refractivity (Wildman–Crippen MR) is 319 cm³/mol. The molecular formula is C59H88N16O9. The Balaban J connectivity index is 1.27. The molecule has 6 rings (SSSR count). The van der Waals surface area contributed by atoms with Crippen molar-refractivity contribution in [1.82, 2.24) is 52.0 Å². The lowest BCUT2D eigenvalue weighted by atomic mass is 10.00. The Morgan fingerprint density at radius 2 is 1.23 bits per heavy atom. The van der Waals surface area contributed by atoms with Crippen molar-refractivity contribution in [3.63, 3.8) is 0 Å². The Morgan fingerprint density at radius 1 is 0.631 bits per heavy atom. The summed E-state index contributed by atoms with van der Waals surface area (Å²) in [6.45, 7) is 4.06. The minimum Gasteiger partial charge on any atom is -0.370 e. The van der Waals surface area contributed by atoms with Crippen molar-refractivity contribution in [2.75, 3.05) is 32.7 Å². The summed E-state index contributed by atoms with van der Waals surface area (Å²) < 4.78 is 0. The van der Waals surface area contributed by atoms with Crippen molar-refractivity contribution >= 4 is 76.0 Å². The average molecular weight is 1170 g/mol. The summed E-state index contributed by atoms with van der Waals surface area (Å²) in [6, 6.07) is 7.82. The normalized spacial score (nSPS) is 22.7. The fourth-order valence-electron chi connectivity index (χ4n) is 11.2. The molecule has 0 bridgehead atoms. The highest BCUT2D eigenvalue weighted by Crippen LogP contribution is 2.24. The number of aliphatic imine (C=N–C) groups is 2. The molecule has 0 spiro atoms. The fourth-order valence-corrected chi connectivity index (χ4v) is 11.2. The van der Waals surface area contributed by atoms with E-state index >= 15 is 4.79 Å². The number of H-pyrrole nitrogens is 1. The van der Waals surface area contributed by atoms with Crippen LogP contribution in [0.3, 0.4) is 0 Å². The van der Waals surface area contributed by atoms with Crippen molar-refractivity contribution in [2.24, 2.45) is 32.9 Å². The summed E-state index contributed by atoms with van der Waals surface area (Å²) in [4.78, 5) is 142. The van der Waals surface area contributed by atoms with Gasteiger partial charge in [0.2, 0.25) is 53.2 Å². The number of fused-ring (bicyclic) bond motifs is 3. The van der Waals surface area contributed by atoms with Gasteiger partial charge in [0.05, 0.1) is 0 Å². The highest BCUT2D eigenvalue weighted by Gasteiger charge is 2.41. The van der Waals surface area contributed by atoms with Crippen LogP contribution in [0.2, 0.25) is 0 Å². The highest BCUT2D eigenvalue weighted by molar-refractivity contribution is 5.99. The number of hydrogen-bond acceptors (Lipinski definition) is 11.